The van der Waals surface area contributed by atoms with Crippen LogP contribution < -0.4 is 4.90 Å². The Kier molecular flexibility index (Phi) is 9.42. The topological polar surface area (TPSA) is 88.2 Å². The number of azo groups is 2. The van der Waals surface area contributed by atoms with Crippen LogP contribution in [0.2, 0.25) is 0 Å². The molecular formula is C26H29N5O3. The largest absolute Gasteiger partial charge is 0.460 e. The summed E-state index contributed by atoms with van der Waals surface area (Å²) in [5, 5.41) is 17.0. The van der Waals surface area contributed by atoms with E-state index in [-0.39, 0.29) is 6.61 Å². The lowest BCUT2D eigenvalue weighted by Crippen LogP contribution is -2.21. The second-order valence-corrected chi connectivity index (χ2v) is 7.28. The molecule has 3 aromatic carbocycles. The summed E-state index contributed by atoms with van der Waals surface area (Å²) in [7, 11) is 1.55. The molecule has 0 N–H and O–H groups in total. The molecule has 176 valence electrons. The fraction of sp³-hybridized carbons (Fsp3) is 0.269. The van der Waals surface area contributed by atoms with Crippen LogP contribution in [0, 0.1) is 0 Å². The number of ether oxygens (including phenoxy) is 2. The number of benzene rings is 3. The minimum Gasteiger partial charge on any atom is -0.460 e. The first kappa shape index (κ1) is 24.7. The third kappa shape index (κ3) is 7.31. The lowest BCUT2D eigenvalue weighted by molar-refractivity contribution is 0.0388. The van der Waals surface area contributed by atoms with E-state index in [0.717, 1.165) is 24.5 Å². The van der Waals surface area contributed by atoms with Crippen LogP contribution in [0.5, 0.6) is 0 Å². The molecule has 0 fully saturated rings. The van der Waals surface area contributed by atoms with E-state index < -0.39 is 5.97 Å². The molecule has 0 aromatic heterocycles. The average Bonchev–Trinajstić information content (AvgIpc) is 2.88. The molecule has 0 radical (unpaired) electrons. The Morgan fingerprint density at radius 3 is 1.50 bits per heavy atom. The molecule has 0 amide bonds. The molecule has 8 nitrogen and oxygen atoms in total. The second-order valence-electron chi connectivity index (χ2n) is 7.28. The lowest BCUT2D eigenvalue weighted by Gasteiger charge is -2.20. The number of hydrogen-bond acceptors (Lipinski definition) is 8. The van der Waals surface area contributed by atoms with Gasteiger partial charge in [0.15, 0.2) is 0 Å². The molecular weight excluding hydrogens is 430 g/mol. The van der Waals surface area contributed by atoms with E-state index in [9.17, 15) is 4.79 Å². The van der Waals surface area contributed by atoms with Gasteiger partial charge in [0.1, 0.15) is 6.61 Å². The zero-order valence-electron chi connectivity index (χ0n) is 19.7. The van der Waals surface area contributed by atoms with Crippen molar-refractivity contribution >= 4 is 34.4 Å². The zero-order valence-corrected chi connectivity index (χ0v) is 19.7. The van der Waals surface area contributed by atoms with Crippen LogP contribution in [-0.2, 0) is 9.47 Å². The first-order valence-corrected chi connectivity index (χ1v) is 11.2. The SMILES string of the molecule is CCN(CC)c1ccc(N=Nc2ccc(N=Nc3ccc(C(=O)OCCOC)cc3)cc2)cc1. The molecule has 0 aliphatic heterocycles. The summed E-state index contributed by atoms with van der Waals surface area (Å²) in [4.78, 5) is 14.2. The van der Waals surface area contributed by atoms with Crippen molar-refractivity contribution in [2.24, 2.45) is 20.5 Å². The number of rotatable bonds is 11. The minimum absolute atomic E-state index is 0.218. The van der Waals surface area contributed by atoms with E-state index in [0.29, 0.717) is 23.5 Å². The number of esters is 1. The third-order valence-corrected chi connectivity index (χ3v) is 5.01. The van der Waals surface area contributed by atoms with Gasteiger partial charge in [-0.05, 0) is 86.6 Å². The van der Waals surface area contributed by atoms with Crippen LogP contribution in [0.25, 0.3) is 0 Å². The molecule has 3 rings (SSSR count). The molecule has 0 heterocycles. The summed E-state index contributed by atoms with van der Waals surface area (Å²) in [5.74, 6) is -0.398. The molecule has 0 unspecified atom stereocenters. The summed E-state index contributed by atoms with van der Waals surface area (Å²) in [5.41, 5.74) is 4.47. The number of hydrogen-bond donors (Lipinski definition) is 0. The van der Waals surface area contributed by atoms with Crippen molar-refractivity contribution in [3.63, 3.8) is 0 Å². The molecule has 0 saturated heterocycles. The van der Waals surface area contributed by atoms with E-state index in [1.54, 1.807) is 31.4 Å². The smallest absolute Gasteiger partial charge is 0.338 e. The monoisotopic (exact) mass is 459 g/mol. The molecule has 0 atom stereocenters. The molecule has 3 aromatic rings. The fourth-order valence-electron chi connectivity index (χ4n) is 3.10. The van der Waals surface area contributed by atoms with Gasteiger partial charge < -0.3 is 14.4 Å². The van der Waals surface area contributed by atoms with Crippen LogP contribution in [0.3, 0.4) is 0 Å². The fourth-order valence-corrected chi connectivity index (χ4v) is 3.10. The van der Waals surface area contributed by atoms with Crippen molar-refractivity contribution in [2.45, 2.75) is 13.8 Å². The van der Waals surface area contributed by atoms with Gasteiger partial charge in [-0.25, -0.2) is 4.79 Å². The predicted molar refractivity (Wildman–Crippen MR) is 133 cm³/mol. The quantitative estimate of drug-likeness (QED) is 0.173. The predicted octanol–water partition coefficient (Wildman–Crippen LogP) is 7.17. The number of methoxy groups -OCH3 is 1. The van der Waals surface area contributed by atoms with Gasteiger partial charge in [-0.2, -0.15) is 20.5 Å². The third-order valence-electron chi connectivity index (χ3n) is 5.01. The lowest BCUT2D eigenvalue weighted by atomic mass is 10.2. The van der Waals surface area contributed by atoms with Crippen LogP contribution in [0.4, 0.5) is 28.4 Å². The van der Waals surface area contributed by atoms with Crippen LogP contribution in [0.15, 0.2) is 93.3 Å². The first-order chi connectivity index (χ1) is 16.6. The summed E-state index contributed by atoms with van der Waals surface area (Å²) in [6.07, 6.45) is 0. The Hall–Kier alpha value is -3.91. The second kappa shape index (κ2) is 13.0. The van der Waals surface area contributed by atoms with E-state index in [1.165, 1.54) is 5.69 Å². The standard InChI is InChI=1S/C26H29N5O3/c1-4-31(5-2)25-16-14-24(15-17-25)30-29-23-12-10-22(11-13-23)28-27-21-8-6-20(7-9-21)26(32)34-19-18-33-3/h6-17H,4-5,18-19H2,1-3H3. The maximum absolute atomic E-state index is 11.9. The Morgan fingerprint density at radius 1 is 0.676 bits per heavy atom. The summed E-state index contributed by atoms with van der Waals surface area (Å²) >= 11 is 0. The van der Waals surface area contributed by atoms with Gasteiger partial charge in [0.05, 0.1) is 34.9 Å². The highest BCUT2D eigenvalue weighted by Gasteiger charge is 2.06. The molecule has 0 spiro atoms. The zero-order chi connectivity index (χ0) is 24.2. The van der Waals surface area contributed by atoms with Gasteiger partial charge in [-0.1, -0.05) is 0 Å². The van der Waals surface area contributed by atoms with E-state index in [4.69, 9.17) is 9.47 Å². The van der Waals surface area contributed by atoms with Crippen molar-refractivity contribution in [3.05, 3.63) is 78.4 Å². The van der Waals surface area contributed by atoms with Crippen LogP contribution in [0.1, 0.15) is 24.2 Å². The Labute approximate surface area is 200 Å². The number of carbonyl (C=O) groups excluding carboxylic acids is 1. The summed E-state index contributed by atoms with van der Waals surface area (Å²) in [6, 6.07) is 22.1. The molecule has 0 saturated carbocycles. The van der Waals surface area contributed by atoms with Gasteiger partial charge in [-0.3, -0.25) is 0 Å². The van der Waals surface area contributed by atoms with Crippen molar-refractivity contribution in [1.29, 1.82) is 0 Å². The van der Waals surface area contributed by atoms with Crippen molar-refractivity contribution in [2.75, 3.05) is 38.3 Å². The highest BCUT2D eigenvalue weighted by molar-refractivity contribution is 5.89. The molecule has 0 aliphatic rings. The molecule has 34 heavy (non-hydrogen) atoms. The van der Waals surface area contributed by atoms with Gasteiger partial charge >= 0.3 is 5.97 Å². The number of anilines is 1. The highest BCUT2D eigenvalue weighted by atomic mass is 16.6. The summed E-state index contributed by atoms with van der Waals surface area (Å²) < 4.78 is 9.95. The Bertz CT molecular complexity index is 1090. The maximum Gasteiger partial charge on any atom is 0.338 e. The molecule has 8 heteroatoms. The van der Waals surface area contributed by atoms with Gasteiger partial charge in [-0.15, -0.1) is 0 Å². The van der Waals surface area contributed by atoms with Gasteiger partial charge in [0.2, 0.25) is 0 Å². The normalized spacial score (nSPS) is 11.3. The van der Waals surface area contributed by atoms with Crippen LogP contribution >= 0.6 is 0 Å². The molecule has 0 bridgehead atoms. The van der Waals surface area contributed by atoms with E-state index in [2.05, 4.69) is 51.3 Å². The van der Waals surface area contributed by atoms with Gasteiger partial charge in [0.25, 0.3) is 0 Å². The first-order valence-electron chi connectivity index (χ1n) is 11.2. The highest BCUT2D eigenvalue weighted by Crippen LogP contribution is 2.25. The van der Waals surface area contributed by atoms with Gasteiger partial charge in [0, 0.05) is 25.9 Å². The number of nitrogens with zero attached hydrogens (tertiary/aromatic N) is 5. The minimum atomic E-state index is -0.398. The number of carbonyl (C=O) groups is 1. The average molecular weight is 460 g/mol. The van der Waals surface area contributed by atoms with E-state index in [1.807, 2.05) is 36.4 Å². The summed E-state index contributed by atoms with van der Waals surface area (Å²) in [6.45, 7) is 6.80. The van der Waals surface area contributed by atoms with Crippen LogP contribution in [-0.4, -0.2) is 39.4 Å². The van der Waals surface area contributed by atoms with Crippen molar-refractivity contribution in [3.8, 4) is 0 Å². The van der Waals surface area contributed by atoms with Crippen molar-refractivity contribution < 1.29 is 14.3 Å². The Morgan fingerprint density at radius 2 is 1.09 bits per heavy atom. The molecule has 0 aliphatic carbocycles. The van der Waals surface area contributed by atoms with E-state index >= 15 is 0 Å². The maximum atomic E-state index is 11.9. The van der Waals surface area contributed by atoms with Crippen molar-refractivity contribution in [1.82, 2.24) is 0 Å². The Balaban J connectivity index is 1.55.